The van der Waals surface area contributed by atoms with Crippen LogP contribution in [0.25, 0.3) is 0 Å². The number of nitrogens with zero attached hydrogens (tertiary/aromatic N) is 3. The van der Waals surface area contributed by atoms with Crippen LogP contribution < -0.4 is 0 Å². The van der Waals surface area contributed by atoms with Crippen LogP contribution in [0.2, 0.25) is 0 Å². The summed E-state index contributed by atoms with van der Waals surface area (Å²) in [5.41, 5.74) is 0.299. The van der Waals surface area contributed by atoms with Gasteiger partial charge in [0.1, 0.15) is 5.82 Å². The first-order chi connectivity index (χ1) is 13.6. The van der Waals surface area contributed by atoms with Crippen LogP contribution in [-0.4, -0.2) is 47.8 Å². The Morgan fingerprint density at radius 1 is 1.14 bits per heavy atom. The highest BCUT2D eigenvalue weighted by Gasteiger charge is 2.23. The van der Waals surface area contributed by atoms with Crippen molar-refractivity contribution in [2.45, 2.75) is 25.7 Å². The van der Waals surface area contributed by atoms with Crippen LogP contribution >= 0.6 is 11.3 Å². The Kier molecular flexibility index (Phi) is 6.77. The monoisotopic (exact) mass is 399 g/mol. The molecule has 2 aromatic rings. The van der Waals surface area contributed by atoms with E-state index in [-0.39, 0.29) is 22.9 Å². The number of carbonyl (C=O) groups excluding carboxylic acids is 2. The molecule has 1 aliphatic rings. The standard InChI is InChI=1S/C21H22FN3O2S/c22-18-13-16(15-23)12-17(14-18)21(27)25-8-3-7-24(9-10-25)20(26)6-1-4-19-5-2-11-28-19/h2,5,11-14H,1,3-4,6-10H2. The van der Waals surface area contributed by atoms with Crippen molar-refractivity contribution in [1.29, 1.82) is 5.26 Å². The van der Waals surface area contributed by atoms with E-state index < -0.39 is 5.82 Å². The molecule has 2 amide bonds. The second kappa shape index (κ2) is 9.47. The van der Waals surface area contributed by atoms with Crippen LogP contribution in [0.15, 0.2) is 35.7 Å². The van der Waals surface area contributed by atoms with Crippen molar-refractivity contribution in [3.63, 3.8) is 0 Å². The topological polar surface area (TPSA) is 64.4 Å². The van der Waals surface area contributed by atoms with Crippen molar-refractivity contribution in [2.24, 2.45) is 0 Å². The summed E-state index contributed by atoms with van der Waals surface area (Å²) in [5.74, 6) is -0.786. The molecule has 1 saturated heterocycles. The molecule has 146 valence electrons. The van der Waals surface area contributed by atoms with Crippen LogP contribution in [0.4, 0.5) is 4.39 Å². The molecule has 2 heterocycles. The van der Waals surface area contributed by atoms with Crippen molar-refractivity contribution in [2.75, 3.05) is 26.2 Å². The first-order valence-corrected chi connectivity index (χ1v) is 10.2. The molecule has 1 aliphatic heterocycles. The number of amides is 2. The number of nitriles is 1. The Bertz CT molecular complexity index is 876. The maximum absolute atomic E-state index is 13.6. The molecule has 5 nitrogen and oxygen atoms in total. The molecule has 0 radical (unpaired) electrons. The number of hydrogen-bond donors (Lipinski definition) is 0. The molecule has 0 saturated carbocycles. The molecular weight excluding hydrogens is 377 g/mol. The summed E-state index contributed by atoms with van der Waals surface area (Å²) in [6.07, 6.45) is 2.91. The Labute approximate surface area is 168 Å². The van der Waals surface area contributed by atoms with Crippen molar-refractivity contribution in [3.05, 3.63) is 57.5 Å². The zero-order valence-electron chi connectivity index (χ0n) is 15.6. The lowest BCUT2D eigenvalue weighted by molar-refractivity contribution is -0.131. The molecule has 0 unspecified atom stereocenters. The van der Waals surface area contributed by atoms with E-state index in [0.29, 0.717) is 39.0 Å². The minimum absolute atomic E-state index is 0.114. The molecule has 1 fully saturated rings. The third kappa shape index (κ3) is 5.17. The summed E-state index contributed by atoms with van der Waals surface area (Å²) in [5, 5.41) is 11.0. The number of carbonyl (C=O) groups is 2. The molecule has 0 atom stereocenters. The van der Waals surface area contributed by atoms with Crippen molar-refractivity contribution in [3.8, 4) is 6.07 Å². The zero-order chi connectivity index (χ0) is 19.9. The molecule has 0 bridgehead atoms. The molecular formula is C21H22FN3O2S. The van der Waals surface area contributed by atoms with E-state index in [0.717, 1.165) is 25.0 Å². The number of halogens is 1. The highest BCUT2D eigenvalue weighted by molar-refractivity contribution is 7.09. The number of thiophene rings is 1. The maximum Gasteiger partial charge on any atom is 0.254 e. The third-order valence-corrected chi connectivity index (χ3v) is 5.74. The number of hydrogen-bond acceptors (Lipinski definition) is 4. The van der Waals surface area contributed by atoms with E-state index in [1.54, 1.807) is 16.2 Å². The Morgan fingerprint density at radius 2 is 1.93 bits per heavy atom. The van der Waals surface area contributed by atoms with Gasteiger partial charge >= 0.3 is 0 Å². The van der Waals surface area contributed by atoms with Crippen LogP contribution in [0.1, 0.15) is 40.1 Å². The normalized spacial score (nSPS) is 14.4. The van der Waals surface area contributed by atoms with Gasteiger partial charge in [0.25, 0.3) is 5.91 Å². The molecule has 0 spiro atoms. The van der Waals surface area contributed by atoms with Gasteiger partial charge < -0.3 is 9.80 Å². The lowest BCUT2D eigenvalue weighted by atomic mass is 10.1. The van der Waals surface area contributed by atoms with Crippen molar-refractivity contribution < 1.29 is 14.0 Å². The Morgan fingerprint density at radius 3 is 2.68 bits per heavy atom. The predicted molar refractivity (Wildman–Crippen MR) is 105 cm³/mol. The average Bonchev–Trinajstić information content (AvgIpc) is 3.08. The highest BCUT2D eigenvalue weighted by atomic mass is 32.1. The van der Waals surface area contributed by atoms with Gasteiger partial charge in [-0.15, -0.1) is 11.3 Å². The average molecular weight is 399 g/mol. The van der Waals surface area contributed by atoms with E-state index in [1.165, 1.54) is 10.9 Å². The van der Waals surface area contributed by atoms with Gasteiger partial charge in [0.15, 0.2) is 0 Å². The molecule has 0 N–H and O–H groups in total. The summed E-state index contributed by atoms with van der Waals surface area (Å²) in [7, 11) is 0. The van der Waals surface area contributed by atoms with E-state index >= 15 is 0 Å². The fourth-order valence-electron chi connectivity index (χ4n) is 3.36. The third-order valence-electron chi connectivity index (χ3n) is 4.80. The van der Waals surface area contributed by atoms with Gasteiger partial charge in [-0.1, -0.05) is 6.07 Å². The largest absolute Gasteiger partial charge is 0.341 e. The van der Waals surface area contributed by atoms with Crippen LogP contribution in [0.3, 0.4) is 0 Å². The first kappa shape index (κ1) is 20.0. The van der Waals surface area contributed by atoms with E-state index in [9.17, 15) is 14.0 Å². The van der Waals surface area contributed by atoms with E-state index in [4.69, 9.17) is 5.26 Å². The highest BCUT2D eigenvalue weighted by Crippen LogP contribution is 2.15. The SMILES string of the molecule is N#Cc1cc(F)cc(C(=O)N2CCCN(C(=O)CCCc3cccs3)CC2)c1. The molecule has 1 aromatic carbocycles. The maximum atomic E-state index is 13.6. The van der Waals surface area contributed by atoms with Gasteiger partial charge in [0.2, 0.25) is 5.91 Å². The predicted octanol–water partition coefficient (Wildman–Crippen LogP) is 3.46. The second-order valence-corrected chi connectivity index (χ2v) is 7.83. The second-order valence-electron chi connectivity index (χ2n) is 6.80. The van der Waals surface area contributed by atoms with Gasteiger partial charge in [-0.25, -0.2) is 4.39 Å². The smallest absolute Gasteiger partial charge is 0.254 e. The fraction of sp³-hybridized carbons (Fsp3) is 0.381. The van der Waals surface area contributed by atoms with Gasteiger partial charge in [0, 0.05) is 43.0 Å². The lowest BCUT2D eigenvalue weighted by Gasteiger charge is -2.22. The van der Waals surface area contributed by atoms with Crippen molar-refractivity contribution >= 4 is 23.2 Å². The summed E-state index contributed by atoms with van der Waals surface area (Å²) in [4.78, 5) is 29.9. The first-order valence-electron chi connectivity index (χ1n) is 9.37. The molecule has 3 rings (SSSR count). The summed E-state index contributed by atoms with van der Waals surface area (Å²) in [6.45, 7) is 2.02. The van der Waals surface area contributed by atoms with Crippen LogP contribution in [-0.2, 0) is 11.2 Å². The van der Waals surface area contributed by atoms with Crippen molar-refractivity contribution in [1.82, 2.24) is 9.80 Å². The van der Waals surface area contributed by atoms with E-state index in [2.05, 4.69) is 6.07 Å². The van der Waals surface area contributed by atoms with Gasteiger partial charge in [-0.3, -0.25) is 9.59 Å². The minimum Gasteiger partial charge on any atom is -0.341 e. The van der Waals surface area contributed by atoms with Gasteiger partial charge in [-0.05, 0) is 48.9 Å². The molecule has 0 aliphatic carbocycles. The number of benzene rings is 1. The number of rotatable bonds is 5. The van der Waals surface area contributed by atoms with Crippen LogP contribution in [0.5, 0.6) is 0 Å². The Balaban J connectivity index is 1.54. The van der Waals surface area contributed by atoms with Gasteiger partial charge in [-0.2, -0.15) is 5.26 Å². The summed E-state index contributed by atoms with van der Waals surface area (Å²) < 4.78 is 13.6. The molecule has 7 heteroatoms. The molecule has 1 aromatic heterocycles. The minimum atomic E-state index is -0.597. The van der Waals surface area contributed by atoms with Crippen LogP contribution in [0, 0.1) is 17.1 Å². The van der Waals surface area contributed by atoms with Gasteiger partial charge in [0.05, 0.1) is 11.6 Å². The zero-order valence-corrected chi connectivity index (χ0v) is 16.4. The quantitative estimate of drug-likeness (QED) is 0.773. The summed E-state index contributed by atoms with van der Waals surface area (Å²) in [6, 6.07) is 9.63. The van der Waals surface area contributed by atoms with E-state index in [1.807, 2.05) is 22.4 Å². The summed E-state index contributed by atoms with van der Waals surface area (Å²) >= 11 is 1.70. The fourth-order valence-corrected chi connectivity index (χ4v) is 4.11. The number of aryl methyl sites for hydroxylation is 1. The Hall–Kier alpha value is -2.72. The molecule has 28 heavy (non-hydrogen) atoms. The lowest BCUT2D eigenvalue weighted by Crippen LogP contribution is -2.37.